The van der Waals surface area contributed by atoms with E-state index < -0.39 is 0 Å². The molecular formula is C10H18N2O. The van der Waals surface area contributed by atoms with Crippen molar-refractivity contribution in [1.82, 2.24) is 10.6 Å². The van der Waals surface area contributed by atoms with Crippen LogP contribution in [-0.4, -0.2) is 25.0 Å². The van der Waals surface area contributed by atoms with Gasteiger partial charge in [-0.3, -0.25) is 4.79 Å². The van der Waals surface area contributed by atoms with E-state index in [1.807, 2.05) is 0 Å². The van der Waals surface area contributed by atoms with Crippen LogP contribution in [0.5, 0.6) is 0 Å². The normalized spacial score (nSPS) is 34.2. The van der Waals surface area contributed by atoms with Crippen molar-refractivity contribution >= 4 is 5.91 Å². The SMILES string of the molecule is CC1CNCC(NC(=O)C2CC2)C1. The Bertz CT molecular complexity index is 201. The molecule has 0 spiro atoms. The summed E-state index contributed by atoms with van der Waals surface area (Å²) < 4.78 is 0. The minimum Gasteiger partial charge on any atom is -0.352 e. The zero-order chi connectivity index (χ0) is 9.26. The van der Waals surface area contributed by atoms with Crippen LogP contribution in [0.25, 0.3) is 0 Å². The maximum Gasteiger partial charge on any atom is 0.223 e. The largest absolute Gasteiger partial charge is 0.352 e. The quantitative estimate of drug-likeness (QED) is 0.653. The first-order chi connectivity index (χ1) is 6.25. The topological polar surface area (TPSA) is 41.1 Å². The molecule has 2 unspecified atom stereocenters. The fraction of sp³-hybridized carbons (Fsp3) is 0.900. The zero-order valence-corrected chi connectivity index (χ0v) is 8.18. The molecule has 0 aromatic rings. The van der Waals surface area contributed by atoms with E-state index in [9.17, 15) is 4.79 Å². The molecule has 1 amide bonds. The summed E-state index contributed by atoms with van der Waals surface area (Å²) in [5.41, 5.74) is 0. The monoisotopic (exact) mass is 182 g/mol. The number of carbonyl (C=O) groups is 1. The fourth-order valence-corrected chi connectivity index (χ4v) is 1.93. The molecule has 1 aliphatic carbocycles. The molecule has 74 valence electrons. The Kier molecular flexibility index (Phi) is 2.54. The second-order valence-electron chi connectivity index (χ2n) is 4.48. The van der Waals surface area contributed by atoms with Crippen molar-refractivity contribution in [3.63, 3.8) is 0 Å². The number of piperidine rings is 1. The molecule has 3 nitrogen and oxygen atoms in total. The van der Waals surface area contributed by atoms with Gasteiger partial charge in [0.2, 0.25) is 5.91 Å². The summed E-state index contributed by atoms with van der Waals surface area (Å²) in [5.74, 6) is 1.32. The maximum absolute atomic E-state index is 11.4. The second-order valence-corrected chi connectivity index (χ2v) is 4.48. The molecule has 13 heavy (non-hydrogen) atoms. The molecule has 2 atom stereocenters. The summed E-state index contributed by atoms with van der Waals surface area (Å²) in [6.07, 6.45) is 3.33. The Morgan fingerprint density at radius 2 is 2.15 bits per heavy atom. The molecule has 0 bridgehead atoms. The highest BCUT2D eigenvalue weighted by molar-refractivity contribution is 5.81. The van der Waals surface area contributed by atoms with Gasteiger partial charge in [-0.2, -0.15) is 0 Å². The van der Waals surface area contributed by atoms with Gasteiger partial charge in [0.15, 0.2) is 0 Å². The van der Waals surface area contributed by atoms with Gasteiger partial charge in [-0.15, -0.1) is 0 Å². The van der Waals surface area contributed by atoms with Gasteiger partial charge in [-0.05, 0) is 31.7 Å². The molecule has 2 fully saturated rings. The fourth-order valence-electron chi connectivity index (χ4n) is 1.93. The minimum absolute atomic E-state index is 0.279. The van der Waals surface area contributed by atoms with Crippen LogP contribution in [0.4, 0.5) is 0 Å². The molecule has 0 radical (unpaired) electrons. The highest BCUT2D eigenvalue weighted by atomic mass is 16.2. The van der Waals surface area contributed by atoms with Crippen molar-refractivity contribution < 1.29 is 4.79 Å². The molecular weight excluding hydrogens is 164 g/mol. The first-order valence-corrected chi connectivity index (χ1v) is 5.27. The number of hydrogen-bond donors (Lipinski definition) is 2. The van der Waals surface area contributed by atoms with Gasteiger partial charge < -0.3 is 10.6 Å². The van der Waals surface area contributed by atoms with Crippen molar-refractivity contribution in [2.24, 2.45) is 11.8 Å². The van der Waals surface area contributed by atoms with E-state index in [2.05, 4.69) is 17.6 Å². The molecule has 0 aromatic heterocycles. The lowest BCUT2D eigenvalue weighted by atomic mass is 9.97. The lowest BCUT2D eigenvalue weighted by molar-refractivity contribution is -0.123. The van der Waals surface area contributed by atoms with Crippen molar-refractivity contribution in [1.29, 1.82) is 0 Å². The summed E-state index contributed by atoms with van der Waals surface area (Å²) in [6, 6.07) is 0.372. The smallest absolute Gasteiger partial charge is 0.223 e. The van der Waals surface area contributed by atoms with Gasteiger partial charge in [-0.1, -0.05) is 6.92 Å². The molecule has 1 saturated heterocycles. The van der Waals surface area contributed by atoms with E-state index in [1.165, 1.54) is 0 Å². The lowest BCUT2D eigenvalue weighted by Gasteiger charge is -2.28. The molecule has 2 rings (SSSR count). The summed E-state index contributed by atoms with van der Waals surface area (Å²) in [4.78, 5) is 11.4. The molecule has 0 aromatic carbocycles. The van der Waals surface area contributed by atoms with Crippen molar-refractivity contribution in [2.45, 2.75) is 32.2 Å². The van der Waals surface area contributed by atoms with Crippen LogP contribution in [0, 0.1) is 11.8 Å². The number of carbonyl (C=O) groups excluding carboxylic acids is 1. The minimum atomic E-state index is 0.279. The summed E-state index contributed by atoms with van der Waals surface area (Å²) in [7, 11) is 0. The predicted molar refractivity (Wildman–Crippen MR) is 51.3 cm³/mol. The first kappa shape index (κ1) is 9.00. The van der Waals surface area contributed by atoms with Crippen LogP contribution in [0.2, 0.25) is 0 Å². The van der Waals surface area contributed by atoms with Gasteiger partial charge in [0.05, 0.1) is 0 Å². The maximum atomic E-state index is 11.4. The molecule has 3 heteroatoms. The third-order valence-electron chi connectivity index (χ3n) is 2.86. The van der Waals surface area contributed by atoms with Crippen LogP contribution < -0.4 is 10.6 Å². The molecule has 2 N–H and O–H groups in total. The van der Waals surface area contributed by atoms with Crippen LogP contribution in [0.1, 0.15) is 26.2 Å². The number of rotatable bonds is 2. The average molecular weight is 182 g/mol. The Morgan fingerprint density at radius 1 is 1.38 bits per heavy atom. The van der Waals surface area contributed by atoms with E-state index >= 15 is 0 Å². The third-order valence-corrected chi connectivity index (χ3v) is 2.86. The lowest BCUT2D eigenvalue weighted by Crippen LogP contribution is -2.48. The highest BCUT2D eigenvalue weighted by Crippen LogP contribution is 2.29. The second kappa shape index (κ2) is 3.66. The van der Waals surface area contributed by atoms with E-state index in [-0.39, 0.29) is 5.91 Å². The van der Waals surface area contributed by atoms with Gasteiger partial charge in [0.1, 0.15) is 0 Å². The average Bonchev–Trinajstić information content (AvgIpc) is 2.85. The van der Waals surface area contributed by atoms with Crippen LogP contribution in [0.15, 0.2) is 0 Å². The van der Waals surface area contributed by atoms with Crippen molar-refractivity contribution in [3.05, 3.63) is 0 Å². The predicted octanol–water partition coefficient (Wildman–Crippen LogP) is 0.511. The molecule has 1 aliphatic heterocycles. The summed E-state index contributed by atoms with van der Waals surface area (Å²) in [6.45, 7) is 4.26. The Hall–Kier alpha value is -0.570. The van der Waals surface area contributed by atoms with Crippen LogP contribution in [-0.2, 0) is 4.79 Å². The standard InChI is InChI=1S/C10H18N2O/c1-7-4-9(6-11-5-7)12-10(13)8-2-3-8/h7-9,11H,2-6H2,1H3,(H,12,13). The summed E-state index contributed by atoms with van der Waals surface area (Å²) >= 11 is 0. The van der Waals surface area contributed by atoms with Gasteiger partial charge in [0, 0.05) is 18.5 Å². The van der Waals surface area contributed by atoms with Crippen LogP contribution in [0.3, 0.4) is 0 Å². The van der Waals surface area contributed by atoms with Gasteiger partial charge in [0.25, 0.3) is 0 Å². The zero-order valence-electron chi connectivity index (χ0n) is 8.18. The number of amides is 1. The van der Waals surface area contributed by atoms with Crippen molar-refractivity contribution in [2.75, 3.05) is 13.1 Å². The molecule has 1 saturated carbocycles. The Labute approximate surface area is 79.3 Å². The van der Waals surface area contributed by atoms with Crippen LogP contribution >= 0.6 is 0 Å². The number of nitrogens with one attached hydrogen (secondary N) is 2. The Balaban J connectivity index is 1.76. The Morgan fingerprint density at radius 3 is 2.77 bits per heavy atom. The molecule has 1 heterocycles. The highest BCUT2D eigenvalue weighted by Gasteiger charge is 2.31. The van der Waals surface area contributed by atoms with Gasteiger partial charge >= 0.3 is 0 Å². The van der Waals surface area contributed by atoms with Gasteiger partial charge in [-0.25, -0.2) is 0 Å². The van der Waals surface area contributed by atoms with E-state index in [1.54, 1.807) is 0 Å². The summed E-state index contributed by atoms with van der Waals surface area (Å²) in [5, 5.41) is 6.44. The van der Waals surface area contributed by atoms with E-state index in [0.29, 0.717) is 17.9 Å². The first-order valence-electron chi connectivity index (χ1n) is 5.27. The third kappa shape index (κ3) is 2.44. The van der Waals surface area contributed by atoms with E-state index in [4.69, 9.17) is 0 Å². The number of hydrogen-bond acceptors (Lipinski definition) is 2. The molecule has 2 aliphatic rings. The van der Waals surface area contributed by atoms with E-state index in [0.717, 1.165) is 32.4 Å². The van der Waals surface area contributed by atoms with Crippen molar-refractivity contribution in [3.8, 4) is 0 Å².